The third-order valence-corrected chi connectivity index (χ3v) is 2.59. The second-order valence-electron chi connectivity index (χ2n) is 4.62. The third-order valence-electron chi connectivity index (χ3n) is 2.59. The van der Waals surface area contributed by atoms with E-state index in [0.717, 1.165) is 17.1 Å². The number of benzene rings is 1. The molecular weight excluding hydrogens is 244 g/mol. The monoisotopic (exact) mass is 262 g/mol. The number of rotatable bonds is 4. The maximum Gasteiger partial charge on any atom is 0.319 e. The number of carbonyl (C=O) groups excluding carboxylic acids is 1. The van der Waals surface area contributed by atoms with Gasteiger partial charge in [-0.2, -0.15) is 0 Å². The van der Waals surface area contributed by atoms with Crippen LogP contribution in [0.25, 0.3) is 0 Å². The zero-order valence-electron chi connectivity index (χ0n) is 11.1. The Morgan fingerprint density at radius 2 is 2.16 bits per heavy atom. The normalized spacial score (nSPS) is 13.0. The lowest BCUT2D eigenvalue weighted by Crippen LogP contribution is -2.31. The molecule has 0 radical (unpaired) electrons. The Hall–Kier alpha value is -2.17. The van der Waals surface area contributed by atoms with Crippen LogP contribution in [0.15, 0.2) is 30.5 Å². The van der Waals surface area contributed by atoms with Crippen molar-refractivity contribution in [2.24, 2.45) is 5.92 Å². The summed E-state index contributed by atoms with van der Waals surface area (Å²) in [4.78, 5) is 11.5. The van der Waals surface area contributed by atoms with E-state index in [0.29, 0.717) is 12.5 Å². The van der Waals surface area contributed by atoms with Crippen LogP contribution in [0.2, 0.25) is 0 Å². The van der Waals surface area contributed by atoms with Crippen molar-refractivity contribution in [3.63, 3.8) is 0 Å². The Balaban J connectivity index is 1.80. The highest BCUT2D eigenvalue weighted by Crippen LogP contribution is 2.32. The van der Waals surface area contributed by atoms with Crippen LogP contribution in [0, 0.1) is 5.92 Å². The molecule has 2 N–H and O–H groups in total. The van der Waals surface area contributed by atoms with Gasteiger partial charge < -0.3 is 20.1 Å². The first kappa shape index (κ1) is 13.3. The molecule has 0 spiro atoms. The molecule has 0 bridgehead atoms. The van der Waals surface area contributed by atoms with Gasteiger partial charge in [0.2, 0.25) is 6.79 Å². The summed E-state index contributed by atoms with van der Waals surface area (Å²) in [5.74, 6) is 1.88. The number of allylic oxidation sites excluding steroid dienone is 1. The van der Waals surface area contributed by atoms with E-state index in [-0.39, 0.29) is 12.8 Å². The van der Waals surface area contributed by atoms with Crippen LogP contribution < -0.4 is 20.1 Å². The molecule has 1 aliphatic heterocycles. The second-order valence-corrected chi connectivity index (χ2v) is 4.62. The minimum absolute atomic E-state index is 0.227. The number of urea groups is 1. The average molecular weight is 262 g/mol. The van der Waals surface area contributed by atoms with Crippen LogP contribution in [-0.2, 0) is 6.54 Å². The van der Waals surface area contributed by atoms with Gasteiger partial charge in [-0.15, -0.1) is 0 Å². The lowest BCUT2D eigenvalue weighted by atomic mass is 10.2. The molecule has 1 aromatic rings. The van der Waals surface area contributed by atoms with Gasteiger partial charge in [-0.05, 0) is 23.6 Å². The van der Waals surface area contributed by atoms with Crippen molar-refractivity contribution in [3.05, 3.63) is 36.0 Å². The van der Waals surface area contributed by atoms with Crippen LogP contribution >= 0.6 is 0 Å². The minimum atomic E-state index is -0.227. The van der Waals surface area contributed by atoms with E-state index < -0.39 is 0 Å². The molecule has 5 heteroatoms. The topological polar surface area (TPSA) is 59.6 Å². The lowest BCUT2D eigenvalue weighted by molar-refractivity contribution is 0.174. The summed E-state index contributed by atoms with van der Waals surface area (Å²) < 4.78 is 10.5. The molecule has 102 valence electrons. The molecule has 0 saturated heterocycles. The van der Waals surface area contributed by atoms with Gasteiger partial charge >= 0.3 is 6.03 Å². The first-order valence-corrected chi connectivity index (χ1v) is 6.24. The Labute approximate surface area is 112 Å². The van der Waals surface area contributed by atoms with Gasteiger partial charge in [0.1, 0.15) is 0 Å². The molecule has 1 aromatic carbocycles. The zero-order chi connectivity index (χ0) is 13.7. The molecule has 0 fully saturated rings. The Morgan fingerprint density at radius 1 is 1.37 bits per heavy atom. The van der Waals surface area contributed by atoms with Crippen LogP contribution in [0.5, 0.6) is 11.5 Å². The molecule has 5 nitrogen and oxygen atoms in total. The van der Waals surface area contributed by atoms with Crippen LogP contribution in [0.3, 0.4) is 0 Å². The summed E-state index contributed by atoms with van der Waals surface area (Å²) in [5.41, 5.74) is 0.965. The van der Waals surface area contributed by atoms with Crippen molar-refractivity contribution >= 4 is 6.03 Å². The van der Waals surface area contributed by atoms with Crippen molar-refractivity contribution in [1.29, 1.82) is 0 Å². The molecular formula is C14H18N2O3. The van der Waals surface area contributed by atoms with Gasteiger partial charge in [-0.1, -0.05) is 26.0 Å². The highest BCUT2D eigenvalue weighted by atomic mass is 16.7. The number of nitrogens with one attached hydrogen (secondary N) is 2. The standard InChI is InChI=1S/C14H18N2O3/c1-10(2)5-6-15-14(17)16-8-11-3-4-12-13(7-11)19-9-18-12/h3-7,10H,8-9H2,1-2H3,(H2,15,16,17)/b6-5+. The second kappa shape index (κ2) is 6.13. The van der Waals surface area contributed by atoms with E-state index in [1.807, 2.05) is 38.1 Å². The number of amides is 2. The van der Waals surface area contributed by atoms with E-state index in [1.54, 1.807) is 6.20 Å². The summed E-state index contributed by atoms with van der Waals surface area (Å²) >= 11 is 0. The first-order valence-electron chi connectivity index (χ1n) is 6.24. The molecule has 1 aliphatic rings. The number of fused-ring (bicyclic) bond motifs is 1. The molecule has 2 rings (SSSR count). The van der Waals surface area contributed by atoms with Crippen molar-refractivity contribution < 1.29 is 14.3 Å². The zero-order valence-corrected chi connectivity index (χ0v) is 11.1. The smallest absolute Gasteiger partial charge is 0.319 e. The lowest BCUT2D eigenvalue weighted by Gasteiger charge is -2.06. The predicted molar refractivity (Wildman–Crippen MR) is 71.9 cm³/mol. The molecule has 0 unspecified atom stereocenters. The quantitative estimate of drug-likeness (QED) is 0.875. The number of carbonyl (C=O) groups is 1. The highest BCUT2D eigenvalue weighted by Gasteiger charge is 2.13. The van der Waals surface area contributed by atoms with E-state index in [2.05, 4.69) is 10.6 Å². The van der Waals surface area contributed by atoms with Gasteiger partial charge in [0, 0.05) is 12.7 Å². The minimum Gasteiger partial charge on any atom is -0.454 e. The fourth-order valence-corrected chi connectivity index (χ4v) is 1.60. The first-order chi connectivity index (χ1) is 9.15. The molecule has 0 aromatic heterocycles. The van der Waals surface area contributed by atoms with Gasteiger partial charge in [-0.25, -0.2) is 4.79 Å². The fraction of sp³-hybridized carbons (Fsp3) is 0.357. The van der Waals surface area contributed by atoms with E-state index in [4.69, 9.17) is 9.47 Å². The summed E-state index contributed by atoms with van der Waals surface area (Å²) in [6, 6.07) is 5.38. The largest absolute Gasteiger partial charge is 0.454 e. The Morgan fingerprint density at radius 3 is 2.95 bits per heavy atom. The number of hydrogen-bond acceptors (Lipinski definition) is 3. The van der Waals surface area contributed by atoms with Crippen molar-refractivity contribution in [3.8, 4) is 11.5 Å². The molecule has 0 atom stereocenters. The number of ether oxygens (including phenoxy) is 2. The van der Waals surface area contributed by atoms with Crippen LogP contribution in [-0.4, -0.2) is 12.8 Å². The van der Waals surface area contributed by atoms with Crippen LogP contribution in [0.4, 0.5) is 4.79 Å². The third kappa shape index (κ3) is 3.91. The molecule has 0 saturated carbocycles. The summed E-state index contributed by atoms with van der Waals surface area (Å²) in [6.45, 7) is 4.79. The van der Waals surface area contributed by atoms with Crippen LogP contribution in [0.1, 0.15) is 19.4 Å². The van der Waals surface area contributed by atoms with Crippen molar-refractivity contribution in [1.82, 2.24) is 10.6 Å². The summed E-state index contributed by atoms with van der Waals surface area (Å²) in [7, 11) is 0. The summed E-state index contributed by atoms with van der Waals surface area (Å²) in [5, 5.41) is 5.42. The van der Waals surface area contributed by atoms with Crippen molar-refractivity contribution in [2.75, 3.05) is 6.79 Å². The fourth-order valence-electron chi connectivity index (χ4n) is 1.60. The highest BCUT2D eigenvalue weighted by molar-refractivity contribution is 5.74. The molecule has 1 heterocycles. The van der Waals surface area contributed by atoms with Gasteiger partial charge in [0.25, 0.3) is 0 Å². The summed E-state index contributed by atoms with van der Waals surface area (Å²) in [6.07, 6.45) is 3.57. The van der Waals surface area contributed by atoms with Crippen molar-refractivity contribution in [2.45, 2.75) is 20.4 Å². The predicted octanol–water partition coefficient (Wildman–Crippen LogP) is 2.38. The van der Waals surface area contributed by atoms with E-state index >= 15 is 0 Å². The van der Waals surface area contributed by atoms with Gasteiger partial charge in [-0.3, -0.25) is 0 Å². The van der Waals surface area contributed by atoms with E-state index in [1.165, 1.54) is 0 Å². The Bertz CT molecular complexity index is 484. The number of hydrogen-bond donors (Lipinski definition) is 2. The molecule has 0 aliphatic carbocycles. The Kier molecular flexibility index (Phi) is 4.28. The average Bonchev–Trinajstić information content (AvgIpc) is 2.83. The van der Waals surface area contributed by atoms with Gasteiger partial charge in [0.05, 0.1) is 0 Å². The van der Waals surface area contributed by atoms with E-state index in [9.17, 15) is 4.79 Å². The SMILES string of the molecule is CC(C)/C=C/NC(=O)NCc1ccc2c(c1)OCO2. The molecule has 19 heavy (non-hydrogen) atoms. The van der Waals surface area contributed by atoms with Gasteiger partial charge in [0.15, 0.2) is 11.5 Å². The molecule has 2 amide bonds. The maximum absolute atomic E-state index is 11.5. The maximum atomic E-state index is 11.5.